The van der Waals surface area contributed by atoms with Crippen LogP contribution in [0, 0.1) is 0 Å². The Balaban J connectivity index is 1.97. The summed E-state index contributed by atoms with van der Waals surface area (Å²) < 4.78 is 17.7. The van der Waals surface area contributed by atoms with Crippen LogP contribution in [0.25, 0.3) is 0 Å². The minimum Gasteiger partial charge on any atom is -0.497 e. The summed E-state index contributed by atoms with van der Waals surface area (Å²) in [7, 11) is 1.64. The van der Waals surface area contributed by atoms with Gasteiger partial charge in [-0.3, -0.25) is 0 Å². The molecule has 1 aliphatic rings. The van der Waals surface area contributed by atoms with Gasteiger partial charge in [0.2, 0.25) is 0 Å². The lowest BCUT2D eigenvalue weighted by molar-refractivity contribution is -0.0800. The van der Waals surface area contributed by atoms with E-state index in [0.717, 1.165) is 35.4 Å². The zero-order valence-corrected chi connectivity index (χ0v) is 13.4. The number of rotatable bonds is 6. The van der Waals surface area contributed by atoms with Crippen molar-refractivity contribution in [2.24, 2.45) is 0 Å². The van der Waals surface area contributed by atoms with E-state index in [1.165, 1.54) is 0 Å². The van der Waals surface area contributed by atoms with Crippen molar-refractivity contribution in [2.75, 3.05) is 13.7 Å². The molecule has 0 spiro atoms. The summed E-state index contributed by atoms with van der Waals surface area (Å²) in [6.07, 6.45) is 1.81. The predicted octanol–water partition coefficient (Wildman–Crippen LogP) is 4.01. The summed E-state index contributed by atoms with van der Waals surface area (Å²) in [5, 5.41) is 0.0496. The first-order valence-electron chi connectivity index (χ1n) is 6.41. The van der Waals surface area contributed by atoms with Crippen molar-refractivity contribution in [3.63, 3.8) is 0 Å². The Morgan fingerprint density at radius 1 is 1.42 bits per heavy atom. The molecule has 1 aliphatic carbocycles. The molecular formula is C14H18BrClO3. The normalized spacial score (nSPS) is 25.8. The quantitative estimate of drug-likeness (QED) is 0.726. The van der Waals surface area contributed by atoms with Gasteiger partial charge in [-0.2, -0.15) is 0 Å². The van der Waals surface area contributed by atoms with Crippen molar-refractivity contribution < 1.29 is 14.2 Å². The highest BCUT2D eigenvalue weighted by molar-refractivity contribution is 9.10. The van der Waals surface area contributed by atoms with Crippen molar-refractivity contribution in [1.82, 2.24) is 0 Å². The summed E-state index contributed by atoms with van der Waals surface area (Å²) >= 11 is 9.64. The molecule has 1 aromatic carbocycles. The highest BCUT2D eigenvalue weighted by Crippen LogP contribution is 2.36. The van der Waals surface area contributed by atoms with Gasteiger partial charge in [0.15, 0.2) is 0 Å². The maximum Gasteiger partial charge on any atom is 0.134 e. The van der Waals surface area contributed by atoms with E-state index in [1.54, 1.807) is 7.11 Å². The van der Waals surface area contributed by atoms with E-state index in [1.807, 2.05) is 18.2 Å². The zero-order valence-electron chi connectivity index (χ0n) is 11.1. The van der Waals surface area contributed by atoms with Crippen molar-refractivity contribution in [2.45, 2.75) is 37.4 Å². The van der Waals surface area contributed by atoms with Crippen LogP contribution in [0.15, 0.2) is 22.7 Å². The summed E-state index contributed by atoms with van der Waals surface area (Å²) in [5.74, 6) is 1.58. The van der Waals surface area contributed by atoms with Gasteiger partial charge < -0.3 is 14.2 Å². The first-order valence-corrected chi connectivity index (χ1v) is 7.64. The van der Waals surface area contributed by atoms with E-state index >= 15 is 0 Å². The second kappa shape index (κ2) is 6.82. The Morgan fingerprint density at radius 2 is 2.21 bits per heavy atom. The molecule has 3 atom stereocenters. The lowest BCUT2D eigenvalue weighted by Gasteiger charge is -2.40. The summed E-state index contributed by atoms with van der Waals surface area (Å²) in [6, 6.07) is 5.65. The molecule has 5 heteroatoms. The van der Waals surface area contributed by atoms with Gasteiger partial charge in [-0.15, -0.1) is 11.6 Å². The number of methoxy groups -OCH3 is 1. The number of halogens is 2. The van der Waals surface area contributed by atoms with Crippen molar-refractivity contribution in [3.8, 4) is 11.5 Å². The van der Waals surface area contributed by atoms with Gasteiger partial charge >= 0.3 is 0 Å². The first kappa shape index (κ1) is 14.9. The zero-order chi connectivity index (χ0) is 13.8. The average molecular weight is 350 g/mol. The van der Waals surface area contributed by atoms with Crippen LogP contribution in [0.1, 0.15) is 19.8 Å². The van der Waals surface area contributed by atoms with Crippen molar-refractivity contribution in [1.29, 1.82) is 0 Å². The molecule has 3 nitrogen and oxygen atoms in total. The molecular weight excluding hydrogens is 332 g/mol. The summed E-state index contributed by atoms with van der Waals surface area (Å²) in [6.45, 7) is 2.80. The highest BCUT2D eigenvalue weighted by Gasteiger charge is 2.42. The third kappa shape index (κ3) is 3.56. The summed E-state index contributed by atoms with van der Waals surface area (Å²) in [5.41, 5.74) is 0. The molecule has 106 valence electrons. The fourth-order valence-corrected chi connectivity index (χ4v) is 2.84. The van der Waals surface area contributed by atoms with Crippen LogP contribution in [0.5, 0.6) is 11.5 Å². The third-order valence-electron chi connectivity index (χ3n) is 3.11. The summed E-state index contributed by atoms with van der Waals surface area (Å²) in [4.78, 5) is 0. The van der Waals surface area contributed by atoms with Crippen LogP contribution in [0.4, 0.5) is 0 Å². The maximum absolute atomic E-state index is 6.16. The molecule has 3 unspecified atom stereocenters. The van der Waals surface area contributed by atoms with E-state index in [-0.39, 0.29) is 17.6 Å². The van der Waals surface area contributed by atoms with E-state index in [0.29, 0.717) is 0 Å². The SMILES string of the molecule is CCCOC1C(Cl)CC1Oc1ccc(OC)cc1Br. The molecule has 1 aromatic rings. The molecule has 0 heterocycles. The Bertz CT molecular complexity index is 427. The largest absolute Gasteiger partial charge is 0.497 e. The molecule has 0 N–H and O–H groups in total. The molecule has 0 saturated heterocycles. The minimum atomic E-state index is -0.0179. The van der Waals surface area contributed by atoms with E-state index < -0.39 is 0 Å². The molecule has 19 heavy (non-hydrogen) atoms. The standard InChI is InChI=1S/C14H18BrClO3/c1-3-6-18-14-11(16)8-13(14)19-12-5-4-9(17-2)7-10(12)15/h4-5,7,11,13-14H,3,6,8H2,1-2H3. The number of benzene rings is 1. The molecule has 0 aromatic heterocycles. The van der Waals surface area contributed by atoms with Gasteiger partial charge in [0.05, 0.1) is 17.0 Å². The minimum absolute atomic E-state index is 0.0179. The van der Waals surface area contributed by atoms with Crippen LogP contribution in [0.3, 0.4) is 0 Å². The Morgan fingerprint density at radius 3 is 2.79 bits per heavy atom. The van der Waals surface area contributed by atoms with E-state index in [2.05, 4.69) is 22.9 Å². The monoisotopic (exact) mass is 348 g/mol. The van der Waals surface area contributed by atoms with Gasteiger partial charge in [-0.1, -0.05) is 6.92 Å². The van der Waals surface area contributed by atoms with Crippen LogP contribution < -0.4 is 9.47 Å². The number of ether oxygens (including phenoxy) is 3. The van der Waals surface area contributed by atoms with Gasteiger partial charge in [-0.05, 0) is 40.5 Å². The Labute approximate surface area is 127 Å². The molecule has 2 rings (SSSR count). The van der Waals surface area contributed by atoms with Crippen LogP contribution in [-0.4, -0.2) is 31.3 Å². The van der Waals surface area contributed by atoms with Gasteiger partial charge in [-0.25, -0.2) is 0 Å². The Hall–Kier alpha value is -0.450. The van der Waals surface area contributed by atoms with Crippen LogP contribution in [0.2, 0.25) is 0 Å². The maximum atomic E-state index is 6.16. The molecule has 0 radical (unpaired) electrons. The fourth-order valence-electron chi connectivity index (χ4n) is 1.98. The van der Waals surface area contributed by atoms with Gasteiger partial charge in [0.25, 0.3) is 0 Å². The van der Waals surface area contributed by atoms with E-state index in [4.69, 9.17) is 25.8 Å². The van der Waals surface area contributed by atoms with Crippen molar-refractivity contribution >= 4 is 27.5 Å². The topological polar surface area (TPSA) is 27.7 Å². The van der Waals surface area contributed by atoms with Crippen molar-refractivity contribution in [3.05, 3.63) is 22.7 Å². The Kier molecular flexibility index (Phi) is 5.37. The molecule has 0 amide bonds. The van der Waals surface area contributed by atoms with Gasteiger partial charge in [0.1, 0.15) is 23.7 Å². The second-order valence-corrected chi connectivity index (χ2v) is 5.95. The molecule has 1 fully saturated rings. The fraction of sp³-hybridized carbons (Fsp3) is 0.571. The number of hydrogen-bond donors (Lipinski definition) is 0. The smallest absolute Gasteiger partial charge is 0.134 e. The predicted molar refractivity (Wildman–Crippen MR) is 79.4 cm³/mol. The third-order valence-corrected chi connectivity index (χ3v) is 4.16. The number of hydrogen-bond acceptors (Lipinski definition) is 3. The highest BCUT2D eigenvalue weighted by atomic mass is 79.9. The lowest BCUT2D eigenvalue weighted by atomic mass is 9.91. The lowest BCUT2D eigenvalue weighted by Crippen LogP contribution is -2.52. The molecule has 1 saturated carbocycles. The second-order valence-electron chi connectivity index (χ2n) is 4.54. The van der Waals surface area contributed by atoms with Crippen LogP contribution >= 0.6 is 27.5 Å². The first-order chi connectivity index (χ1) is 9.15. The molecule has 0 aliphatic heterocycles. The number of alkyl halides is 1. The van der Waals surface area contributed by atoms with E-state index in [9.17, 15) is 0 Å². The molecule has 0 bridgehead atoms. The van der Waals surface area contributed by atoms with Crippen LogP contribution in [-0.2, 0) is 4.74 Å². The van der Waals surface area contributed by atoms with Gasteiger partial charge in [0, 0.05) is 13.0 Å². The average Bonchev–Trinajstić information content (AvgIpc) is 2.40.